The molecule has 1 aromatic heterocycles. The standard InChI is InChI=1S/C12H16ClF3N2O/c1-3-5-9(19-4-2)11-17-7-8(6-13)10(18-11)12(14,15)16/h7,9H,3-6H2,1-2H3. The molecule has 0 amide bonds. The van der Waals surface area contributed by atoms with E-state index in [-0.39, 0.29) is 17.3 Å². The summed E-state index contributed by atoms with van der Waals surface area (Å²) in [6.07, 6.45) is -2.58. The van der Waals surface area contributed by atoms with Crippen LogP contribution in [0.5, 0.6) is 0 Å². The molecular weight excluding hydrogens is 281 g/mol. The van der Waals surface area contributed by atoms with Gasteiger partial charge in [0.15, 0.2) is 11.5 Å². The van der Waals surface area contributed by atoms with Crippen molar-refractivity contribution in [3.05, 3.63) is 23.3 Å². The molecule has 3 nitrogen and oxygen atoms in total. The molecule has 0 N–H and O–H groups in total. The number of aromatic nitrogens is 2. The molecule has 1 unspecified atom stereocenters. The summed E-state index contributed by atoms with van der Waals surface area (Å²) in [6.45, 7) is 4.09. The summed E-state index contributed by atoms with van der Waals surface area (Å²) >= 11 is 5.48. The van der Waals surface area contributed by atoms with Gasteiger partial charge in [-0.05, 0) is 13.3 Å². The minimum absolute atomic E-state index is 0.0601. The Balaban J connectivity index is 3.15. The van der Waals surface area contributed by atoms with Crippen molar-refractivity contribution in [3.63, 3.8) is 0 Å². The Morgan fingerprint density at radius 2 is 2.05 bits per heavy atom. The number of hydrogen-bond acceptors (Lipinski definition) is 3. The van der Waals surface area contributed by atoms with Crippen LogP contribution in [-0.2, 0) is 16.8 Å². The van der Waals surface area contributed by atoms with Crippen molar-refractivity contribution in [2.45, 2.75) is 44.8 Å². The fourth-order valence-corrected chi connectivity index (χ4v) is 1.86. The fourth-order valence-electron chi connectivity index (χ4n) is 1.67. The molecule has 0 aliphatic carbocycles. The zero-order valence-corrected chi connectivity index (χ0v) is 11.6. The summed E-state index contributed by atoms with van der Waals surface area (Å²) in [5, 5.41) is 0. The normalized spacial score (nSPS) is 13.6. The topological polar surface area (TPSA) is 35.0 Å². The first-order chi connectivity index (χ1) is 8.93. The Labute approximate surface area is 115 Å². The van der Waals surface area contributed by atoms with E-state index in [1.54, 1.807) is 6.92 Å². The van der Waals surface area contributed by atoms with Gasteiger partial charge in [0.2, 0.25) is 0 Å². The number of rotatable bonds is 6. The molecule has 19 heavy (non-hydrogen) atoms. The van der Waals surface area contributed by atoms with E-state index >= 15 is 0 Å². The van der Waals surface area contributed by atoms with Gasteiger partial charge in [-0.1, -0.05) is 13.3 Å². The monoisotopic (exact) mass is 296 g/mol. The molecule has 0 saturated carbocycles. The van der Waals surface area contributed by atoms with Crippen LogP contribution in [0.4, 0.5) is 13.2 Å². The average molecular weight is 297 g/mol. The summed E-state index contributed by atoms with van der Waals surface area (Å²) < 4.78 is 44.0. The molecule has 1 aromatic rings. The van der Waals surface area contributed by atoms with Crippen LogP contribution < -0.4 is 0 Å². The van der Waals surface area contributed by atoms with E-state index < -0.39 is 18.0 Å². The van der Waals surface area contributed by atoms with Gasteiger partial charge in [0.1, 0.15) is 6.10 Å². The Kier molecular flexibility index (Phi) is 6.00. The van der Waals surface area contributed by atoms with Crippen LogP contribution in [0.3, 0.4) is 0 Å². The number of alkyl halides is 4. The first kappa shape index (κ1) is 16.2. The quantitative estimate of drug-likeness (QED) is 0.741. The lowest BCUT2D eigenvalue weighted by Gasteiger charge is -2.17. The zero-order valence-electron chi connectivity index (χ0n) is 10.8. The molecule has 0 fully saturated rings. The largest absolute Gasteiger partial charge is 0.433 e. The molecule has 0 aliphatic rings. The Morgan fingerprint density at radius 1 is 1.37 bits per heavy atom. The van der Waals surface area contributed by atoms with Gasteiger partial charge in [-0.25, -0.2) is 9.97 Å². The third-order valence-corrected chi connectivity index (χ3v) is 2.79. The predicted molar refractivity (Wildman–Crippen MR) is 65.9 cm³/mol. The van der Waals surface area contributed by atoms with Crippen LogP contribution >= 0.6 is 11.6 Å². The lowest BCUT2D eigenvalue weighted by molar-refractivity contribution is -0.142. The van der Waals surface area contributed by atoms with Crippen molar-refractivity contribution in [2.75, 3.05) is 6.61 Å². The summed E-state index contributed by atoms with van der Waals surface area (Å²) in [5.74, 6) is -0.216. The van der Waals surface area contributed by atoms with Crippen LogP contribution in [-0.4, -0.2) is 16.6 Å². The highest BCUT2D eigenvalue weighted by Gasteiger charge is 2.36. The van der Waals surface area contributed by atoms with E-state index in [1.807, 2.05) is 6.92 Å². The van der Waals surface area contributed by atoms with Gasteiger partial charge in [0.05, 0.1) is 5.88 Å². The Morgan fingerprint density at radius 3 is 2.53 bits per heavy atom. The van der Waals surface area contributed by atoms with Gasteiger partial charge in [-0.15, -0.1) is 11.6 Å². The molecule has 0 radical (unpaired) electrons. The first-order valence-corrected chi connectivity index (χ1v) is 6.58. The van der Waals surface area contributed by atoms with Crippen LogP contribution in [0.1, 0.15) is 49.9 Å². The third-order valence-electron chi connectivity index (χ3n) is 2.50. The van der Waals surface area contributed by atoms with Crippen LogP contribution in [0.25, 0.3) is 0 Å². The molecule has 1 atom stereocenters. The first-order valence-electron chi connectivity index (χ1n) is 6.04. The second-order valence-electron chi connectivity index (χ2n) is 3.97. The van der Waals surface area contributed by atoms with Crippen molar-refractivity contribution in [1.82, 2.24) is 9.97 Å². The lowest BCUT2D eigenvalue weighted by atomic mass is 10.1. The fraction of sp³-hybridized carbons (Fsp3) is 0.667. The van der Waals surface area contributed by atoms with Gasteiger partial charge < -0.3 is 4.74 Å². The van der Waals surface area contributed by atoms with Gasteiger partial charge in [-0.2, -0.15) is 13.2 Å². The number of halogens is 4. The minimum Gasteiger partial charge on any atom is -0.371 e. The average Bonchev–Trinajstić information content (AvgIpc) is 2.37. The Hall–Kier alpha value is -0.880. The summed E-state index contributed by atoms with van der Waals surface area (Å²) in [6, 6.07) is 0. The molecule has 1 heterocycles. The SMILES string of the molecule is CCCC(OCC)c1ncc(CCl)c(C(F)(F)F)n1. The maximum Gasteiger partial charge on any atom is 0.433 e. The smallest absolute Gasteiger partial charge is 0.371 e. The van der Waals surface area contributed by atoms with Crippen molar-refractivity contribution >= 4 is 11.6 Å². The van der Waals surface area contributed by atoms with Crippen molar-refractivity contribution in [3.8, 4) is 0 Å². The van der Waals surface area contributed by atoms with E-state index in [2.05, 4.69) is 9.97 Å². The van der Waals surface area contributed by atoms with Crippen LogP contribution in [0.15, 0.2) is 6.20 Å². The highest BCUT2D eigenvalue weighted by Crippen LogP contribution is 2.32. The minimum atomic E-state index is -4.54. The molecule has 0 bridgehead atoms. The summed E-state index contributed by atoms with van der Waals surface area (Å²) in [5.41, 5.74) is -1.10. The molecule has 7 heteroatoms. The van der Waals surface area contributed by atoms with Gasteiger partial charge in [0.25, 0.3) is 0 Å². The van der Waals surface area contributed by atoms with E-state index in [4.69, 9.17) is 16.3 Å². The van der Waals surface area contributed by atoms with Gasteiger partial charge in [-0.3, -0.25) is 0 Å². The predicted octanol–water partition coefficient (Wildman–Crippen LogP) is 4.11. The van der Waals surface area contributed by atoms with Crippen molar-refractivity contribution in [2.24, 2.45) is 0 Å². The number of hydrogen-bond donors (Lipinski definition) is 0. The van der Waals surface area contributed by atoms with Crippen molar-refractivity contribution < 1.29 is 17.9 Å². The Bertz CT molecular complexity index is 406. The van der Waals surface area contributed by atoms with Crippen molar-refractivity contribution in [1.29, 1.82) is 0 Å². The van der Waals surface area contributed by atoms with Crippen LogP contribution in [0, 0.1) is 0 Å². The molecule has 0 saturated heterocycles. The summed E-state index contributed by atoms with van der Waals surface area (Å²) in [7, 11) is 0. The maximum atomic E-state index is 12.9. The summed E-state index contributed by atoms with van der Waals surface area (Å²) in [4.78, 5) is 7.55. The highest BCUT2D eigenvalue weighted by atomic mass is 35.5. The zero-order chi connectivity index (χ0) is 14.5. The molecule has 0 spiro atoms. The molecule has 0 aromatic carbocycles. The van der Waals surface area contributed by atoms with Gasteiger partial charge in [0, 0.05) is 18.4 Å². The van der Waals surface area contributed by atoms with E-state index in [1.165, 1.54) is 0 Å². The van der Waals surface area contributed by atoms with E-state index in [9.17, 15) is 13.2 Å². The second-order valence-corrected chi connectivity index (χ2v) is 4.23. The maximum absolute atomic E-state index is 12.9. The molecular formula is C12H16ClF3N2O. The van der Waals surface area contributed by atoms with Crippen LogP contribution in [0.2, 0.25) is 0 Å². The van der Waals surface area contributed by atoms with Gasteiger partial charge >= 0.3 is 6.18 Å². The third kappa shape index (κ3) is 4.31. The lowest BCUT2D eigenvalue weighted by Crippen LogP contribution is -2.17. The molecule has 1 rings (SSSR count). The molecule has 108 valence electrons. The number of nitrogens with zero attached hydrogens (tertiary/aromatic N) is 2. The second kappa shape index (κ2) is 7.05. The molecule has 0 aliphatic heterocycles. The van der Waals surface area contributed by atoms with E-state index in [0.29, 0.717) is 13.0 Å². The highest BCUT2D eigenvalue weighted by molar-refractivity contribution is 6.17. The van der Waals surface area contributed by atoms with E-state index in [0.717, 1.165) is 12.6 Å². The number of ether oxygens (including phenoxy) is 1.